The van der Waals surface area contributed by atoms with E-state index >= 15 is 0 Å². The smallest absolute Gasteiger partial charge is 0.398 e. The molecular formula is C15H19F3N2O. The average Bonchev–Trinajstić information content (AvgIpc) is 2.91. The van der Waals surface area contributed by atoms with Gasteiger partial charge in [-0.15, -0.1) is 0 Å². The van der Waals surface area contributed by atoms with Crippen molar-refractivity contribution in [2.75, 3.05) is 5.73 Å². The van der Waals surface area contributed by atoms with Gasteiger partial charge in [0, 0.05) is 11.7 Å². The van der Waals surface area contributed by atoms with Crippen molar-refractivity contribution in [1.29, 1.82) is 0 Å². The fourth-order valence-electron chi connectivity index (χ4n) is 2.79. The second-order valence-electron chi connectivity index (χ2n) is 5.61. The van der Waals surface area contributed by atoms with Crippen LogP contribution in [0.15, 0.2) is 18.2 Å². The van der Waals surface area contributed by atoms with E-state index in [4.69, 9.17) is 5.73 Å². The van der Waals surface area contributed by atoms with Crippen LogP contribution in [-0.2, 0) is 6.18 Å². The minimum atomic E-state index is -4.49. The van der Waals surface area contributed by atoms with Gasteiger partial charge in [-0.05, 0) is 43.9 Å². The first-order valence-electron chi connectivity index (χ1n) is 7.06. The summed E-state index contributed by atoms with van der Waals surface area (Å²) in [7, 11) is 0. The second kappa shape index (κ2) is 5.95. The van der Waals surface area contributed by atoms with Crippen LogP contribution in [0.25, 0.3) is 0 Å². The SMILES string of the molecule is CC(NC(=O)c1cc(C(F)(F)F)ccc1N)C1CCCC1. The van der Waals surface area contributed by atoms with Crippen molar-refractivity contribution in [3.05, 3.63) is 29.3 Å². The maximum Gasteiger partial charge on any atom is 0.416 e. The number of nitrogens with two attached hydrogens (primary N) is 1. The molecule has 1 amide bonds. The molecular weight excluding hydrogens is 281 g/mol. The molecule has 1 aromatic carbocycles. The largest absolute Gasteiger partial charge is 0.416 e. The molecule has 1 aliphatic rings. The van der Waals surface area contributed by atoms with E-state index in [0.29, 0.717) is 5.92 Å². The summed E-state index contributed by atoms with van der Waals surface area (Å²) in [5, 5.41) is 2.77. The van der Waals surface area contributed by atoms with Crippen LogP contribution in [0.2, 0.25) is 0 Å². The molecule has 1 atom stereocenters. The van der Waals surface area contributed by atoms with Crippen LogP contribution in [0.4, 0.5) is 18.9 Å². The van der Waals surface area contributed by atoms with Crippen molar-refractivity contribution >= 4 is 11.6 Å². The van der Waals surface area contributed by atoms with Crippen LogP contribution in [0.1, 0.15) is 48.5 Å². The number of benzene rings is 1. The second-order valence-corrected chi connectivity index (χ2v) is 5.61. The molecule has 0 heterocycles. The molecule has 1 unspecified atom stereocenters. The summed E-state index contributed by atoms with van der Waals surface area (Å²) < 4.78 is 38.1. The minimum absolute atomic E-state index is 0.0547. The maximum atomic E-state index is 12.7. The first-order valence-corrected chi connectivity index (χ1v) is 7.06. The number of hydrogen-bond donors (Lipinski definition) is 2. The van der Waals surface area contributed by atoms with E-state index in [1.807, 2.05) is 6.92 Å². The molecule has 0 bridgehead atoms. The van der Waals surface area contributed by atoms with Crippen molar-refractivity contribution in [2.45, 2.75) is 44.8 Å². The van der Waals surface area contributed by atoms with Gasteiger partial charge in [0.15, 0.2) is 0 Å². The molecule has 1 aliphatic carbocycles. The molecule has 21 heavy (non-hydrogen) atoms. The van der Waals surface area contributed by atoms with E-state index < -0.39 is 17.6 Å². The monoisotopic (exact) mass is 300 g/mol. The van der Waals surface area contributed by atoms with Gasteiger partial charge in [-0.1, -0.05) is 12.8 Å². The van der Waals surface area contributed by atoms with Crippen LogP contribution in [0, 0.1) is 5.92 Å². The Bertz CT molecular complexity index is 522. The van der Waals surface area contributed by atoms with Crippen LogP contribution < -0.4 is 11.1 Å². The zero-order valence-electron chi connectivity index (χ0n) is 11.8. The third-order valence-electron chi connectivity index (χ3n) is 4.09. The van der Waals surface area contributed by atoms with Crippen LogP contribution in [0.3, 0.4) is 0 Å². The summed E-state index contributed by atoms with van der Waals surface area (Å²) in [4.78, 5) is 12.2. The first-order chi connectivity index (χ1) is 9.79. The van der Waals surface area contributed by atoms with E-state index in [2.05, 4.69) is 5.32 Å². The summed E-state index contributed by atoms with van der Waals surface area (Å²) in [5.41, 5.74) is 4.71. The lowest BCUT2D eigenvalue weighted by atomic mass is 9.99. The molecule has 1 saturated carbocycles. The van der Waals surface area contributed by atoms with Gasteiger partial charge in [0.05, 0.1) is 11.1 Å². The van der Waals surface area contributed by atoms with Gasteiger partial charge in [0.25, 0.3) is 5.91 Å². The molecule has 0 saturated heterocycles. The highest BCUT2D eigenvalue weighted by Gasteiger charge is 2.32. The van der Waals surface area contributed by atoms with Crippen molar-refractivity contribution < 1.29 is 18.0 Å². The predicted molar refractivity (Wildman–Crippen MR) is 74.7 cm³/mol. The molecule has 3 nitrogen and oxygen atoms in total. The van der Waals surface area contributed by atoms with Gasteiger partial charge in [0.1, 0.15) is 0 Å². The molecule has 3 N–H and O–H groups in total. The molecule has 6 heteroatoms. The number of rotatable bonds is 3. The van der Waals surface area contributed by atoms with E-state index in [9.17, 15) is 18.0 Å². The van der Waals surface area contributed by atoms with Gasteiger partial charge in [-0.3, -0.25) is 4.79 Å². The highest BCUT2D eigenvalue weighted by molar-refractivity contribution is 5.99. The zero-order chi connectivity index (χ0) is 15.6. The summed E-state index contributed by atoms with van der Waals surface area (Å²) in [6.45, 7) is 1.89. The molecule has 0 spiro atoms. The summed E-state index contributed by atoms with van der Waals surface area (Å²) in [6, 6.07) is 2.75. The van der Waals surface area contributed by atoms with Crippen molar-refractivity contribution in [3.8, 4) is 0 Å². The van der Waals surface area contributed by atoms with Gasteiger partial charge in [-0.25, -0.2) is 0 Å². The Morgan fingerprint density at radius 3 is 2.52 bits per heavy atom. The highest BCUT2D eigenvalue weighted by Crippen LogP contribution is 2.31. The summed E-state index contributed by atoms with van der Waals surface area (Å²) >= 11 is 0. The lowest BCUT2D eigenvalue weighted by molar-refractivity contribution is -0.137. The van der Waals surface area contributed by atoms with E-state index in [-0.39, 0.29) is 17.3 Å². The fourth-order valence-corrected chi connectivity index (χ4v) is 2.79. The first kappa shape index (κ1) is 15.7. The number of anilines is 1. The number of amides is 1. The number of alkyl halides is 3. The van der Waals surface area contributed by atoms with Gasteiger partial charge in [-0.2, -0.15) is 13.2 Å². The lowest BCUT2D eigenvalue weighted by Crippen LogP contribution is -2.37. The third-order valence-corrected chi connectivity index (χ3v) is 4.09. The summed E-state index contributed by atoms with van der Waals surface area (Å²) in [5.74, 6) is -0.154. The summed E-state index contributed by atoms with van der Waals surface area (Å²) in [6.07, 6.45) is -0.133. The van der Waals surface area contributed by atoms with Crippen LogP contribution in [-0.4, -0.2) is 11.9 Å². The maximum absolute atomic E-state index is 12.7. The normalized spacial score (nSPS) is 17.7. The van der Waals surface area contributed by atoms with E-state index in [0.717, 1.165) is 43.9 Å². The number of carbonyl (C=O) groups excluding carboxylic acids is 1. The Balaban J connectivity index is 2.14. The molecule has 2 rings (SSSR count). The Hall–Kier alpha value is -1.72. The lowest BCUT2D eigenvalue weighted by Gasteiger charge is -2.21. The standard InChI is InChI=1S/C15H19F3N2O/c1-9(10-4-2-3-5-10)20-14(21)12-8-11(15(16,17)18)6-7-13(12)19/h6-10H,2-5,19H2,1H3,(H,20,21). The Kier molecular flexibility index (Phi) is 4.44. The minimum Gasteiger partial charge on any atom is -0.398 e. The average molecular weight is 300 g/mol. The number of nitrogen functional groups attached to an aromatic ring is 1. The molecule has 0 radical (unpaired) electrons. The molecule has 1 fully saturated rings. The number of halogens is 3. The van der Waals surface area contributed by atoms with Gasteiger partial charge >= 0.3 is 6.18 Å². The van der Waals surface area contributed by atoms with Crippen molar-refractivity contribution in [1.82, 2.24) is 5.32 Å². The molecule has 1 aromatic rings. The third kappa shape index (κ3) is 3.68. The zero-order valence-corrected chi connectivity index (χ0v) is 11.8. The number of nitrogens with one attached hydrogen (secondary N) is 1. The number of hydrogen-bond acceptors (Lipinski definition) is 2. The molecule has 0 aromatic heterocycles. The van der Waals surface area contributed by atoms with Crippen molar-refractivity contribution in [2.24, 2.45) is 5.92 Å². The topological polar surface area (TPSA) is 55.1 Å². The van der Waals surface area contributed by atoms with E-state index in [1.165, 1.54) is 0 Å². The fraction of sp³-hybridized carbons (Fsp3) is 0.533. The molecule has 0 aliphatic heterocycles. The van der Waals surface area contributed by atoms with Crippen LogP contribution in [0.5, 0.6) is 0 Å². The van der Waals surface area contributed by atoms with Gasteiger partial charge in [0.2, 0.25) is 0 Å². The van der Waals surface area contributed by atoms with Crippen LogP contribution >= 0.6 is 0 Å². The Morgan fingerprint density at radius 2 is 1.95 bits per heavy atom. The predicted octanol–water partition coefficient (Wildman–Crippen LogP) is 3.60. The Labute approximate surface area is 121 Å². The Morgan fingerprint density at radius 1 is 1.33 bits per heavy atom. The molecule has 116 valence electrons. The number of carbonyl (C=O) groups is 1. The van der Waals surface area contributed by atoms with Crippen molar-refractivity contribution in [3.63, 3.8) is 0 Å². The highest BCUT2D eigenvalue weighted by atomic mass is 19.4. The quantitative estimate of drug-likeness (QED) is 0.838. The van der Waals surface area contributed by atoms with Gasteiger partial charge < -0.3 is 11.1 Å². The van der Waals surface area contributed by atoms with E-state index in [1.54, 1.807) is 0 Å².